The molecule has 2 aromatic rings. The summed E-state index contributed by atoms with van der Waals surface area (Å²) in [6.07, 6.45) is 0.351. The summed E-state index contributed by atoms with van der Waals surface area (Å²) >= 11 is 0. The van der Waals surface area contributed by atoms with E-state index in [1.807, 2.05) is 38.1 Å². The Labute approximate surface area is 105 Å². The predicted molar refractivity (Wildman–Crippen MR) is 65.6 cm³/mol. The third kappa shape index (κ3) is 3.13. The lowest BCUT2D eigenvalue weighted by Crippen LogP contribution is -2.28. The van der Waals surface area contributed by atoms with Crippen molar-refractivity contribution in [2.45, 2.75) is 26.3 Å². The van der Waals surface area contributed by atoms with Crippen molar-refractivity contribution in [3.8, 4) is 0 Å². The molecule has 1 unspecified atom stereocenters. The number of rotatable bonds is 4. The molecule has 0 radical (unpaired) electrons. The number of aryl methyl sites for hydroxylation is 1. The number of benzene rings is 1. The smallest absolute Gasteiger partial charge is 0.225 e. The second kappa shape index (κ2) is 5.39. The van der Waals surface area contributed by atoms with E-state index < -0.39 is 0 Å². The fourth-order valence-corrected chi connectivity index (χ4v) is 1.72. The summed E-state index contributed by atoms with van der Waals surface area (Å²) in [4.78, 5) is 11.8. The van der Waals surface area contributed by atoms with E-state index in [0.717, 1.165) is 11.1 Å². The van der Waals surface area contributed by atoms with Crippen LogP contribution in [0.15, 0.2) is 24.3 Å². The maximum absolute atomic E-state index is 11.8. The van der Waals surface area contributed by atoms with Crippen molar-refractivity contribution in [1.29, 1.82) is 0 Å². The minimum Gasteiger partial charge on any atom is -0.346 e. The molecule has 0 aliphatic carbocycles. The number of aromatic nitrogens is 4. The van der Waals surface area contributed by atoms with Gasteiger partial charge in [0, 0.05) is 0 Å². The first-order valence-corrected chi connectivity index (χ1v) is 5.73. The second-order valence-corrected chi connectivity index (χ2v) is 4.23. The topological polar surface area (TPSA) is 83.6 Å². The van der Waals surface area contributed by atoms with Gasteiger partial charge in [-0.05, 0) is 19.4 Å². The maximum Gasteiger partial charge on any atom is 0.225 e. The molecule has 0 saturated heterocycles. The van der Waals surface area contributed by atoms with Gasteiger partial charge >= 0.3 is 0 Å². The molecular formula is C12H15N5O. The van der Waals surface area contributed by atoms with Crippen molar-refractivity contribution >= 4 is 5.91 Å². The number of amides is 1. The lowest BCUT2D eigenvalue weighted by atomic mass is 10.1. The molecule has 18 heavy (non-hydrogen) atoms. The van der Waals surface area contributed by atoms with E-state index in [2.05, 4.69) is 25.9 Å². The molecule has 0 fully saturated rings. The molecule has 1 heterocycles. The van der Waals surface area contributed by atoms with Crippen molar-refractivity contribution in [2.75, 3.05) is 0 Å². The highest BCUT2D eigenvalue weighted by molar-refractivity contribution is 5.78. The van der Waals surface area contributed by atoms with Gasteiger partial charge < -0.3 is 5.32 Å². The van der Waals surface area contributed by atoms with E-state index in [4.69, 9.17) is 0 Å². The molecule has 1 aromatic carbocycles. The summed E-state index contributed by atoms with van der Waals surface area (Å²) in [5, 5.41) is 16.3. The average molecular weight is 245 g/mol. The zero-order valence-corrected chi connectivity index (χ0v) is 10.3. The van der Waals surface area contributed by atoms with Gasteiger partial charge in [-0.1, -0.05) is 35.0 Å². The van der Waals surface area contributed by atoms with Crippen LogP contribution in [-0.2, 0) is 11.2 Å². The molecule has 94 valence electrons. The van der Waals surface area contributed by atoms with Crippen LogP contribution in [-0.4, -0.2) is 26.5 Å². The molecule has 0 aliphatic rings. The lowest BCUT2D eigenvalue weighted by molar-refractivity contribution is -0.121. The monoisotopic (exact) mass is 245 g/mol. The number of carbonyl (C=O) groups is 1. The predicted octanol–water partition coefficient (Wildman–Crippen LogP) is 0.928. The van der Waals surface area contributed by atoms with Crippen LogP contribution in [0.1, 0.15) is 29.9 Å². The first-order chi connectivity index (χ1) is 8.65. The van der Waals surface area contributed by atoms with E-state index in [-0.39, 0.29) is 11.9 Å². The fourth-order valence-electron chi connectivity index (χ4n) is 1.72. The van der Waals surface area contributed by atoms with Crippen LogP contribution in [0.5, 0.6) is 0 Å². The van der Waals surface area contributed by atoms with E-state index >= 15 is 0 Å². The number of H-pyrrole nitrogens is 1. The van der Waals surface area contributed by atoms with Crippen LogP contribution >= 0.6 is 0 Å². The third-order valence-corrected chi connectivity index (χ3v) is 2.57. The molecule has 0 spiro atoms. The third-order valence-electron chi connectivity index (χ3n) is 2.57. The summed E-state index contributed by atoms with van der Waals surface area (Å²) < 4.78 is 0. The summed E-state index contributed by atoms with van der Waals surface area (Å²) in [7, 11) is 0. The van der Waals surface area contributed by atoms with E-state index in [0.29, 0.717) is 12.2 Å². The van der Waals surface area contributed by atoms with Crippen molar-refractivity contribution in [2.24, 2.45) is 0 Å². The zero-order chi connectivity index (χ0) is 13.0. The molecule has 0 saturated carbocycles. The zero-order valence-electron chi connectivity index (χ0n) is 10.3. The number of carbonyl (C=O) groups excluding carboxylic acids is 1. The number of hydrogen-bond donors (Lipinski definition) is 2. The Morgan fingerprint density at radius 3 is 3.00 bits per heavy atom. The van der Waals surface area contributed by atoms with Crippen LogP contribution in [0.3, 0.4) is 0 Å². The molecule has 1 atom stereocenters. The summed E-state index contributed by atoms with van der Waals surface area (Å²) in [6, 6.07) is 7.63. The van der Waals surface area contributed by atoms with Crippen LogP contribution in [0.2, 0.25) is 0 Å². The Kier molecular flexibility index (Phi) is 3.66. The van der Waals surface area contributed by atoms with E-state index in [1.165, 1.54) is 0 Å². The van der Waals surface area contributed by atoms with Gasteiger partial charge in [-0.25, -0.2) is 0 Å². The molecular weight excluding hydrogens is 230 g/mol. The highest BCUT2D eigenvalue weighted by Crippen LogP contribution is 2.07. The van der Waals surface area contributed by atoms with Gasteiger partial charge in [0.2, 0.25) is 5.91 Å². The van der Waals surface area contributed by atoms with Gasteiger partial charge in [0.25, 0.3) is 0 Å². The Hall–Kier alpha value is -2.24. The molecule has 6 heteroatoms. The highest BCUT2D eigenvalue weighted by atomic mass is 16.1. The number of hydrogen-bond acceptors (Lipinski definition) is 4. The van der Waals surface area contributed by atoms with Crippen molar-refractivity contribution in [3.05, 3.63) is 41.2 Å². The van der Waals surface area contributed by atoms with Gasteiger partial charge in [-0.15, -0.1) is 10.2 Å². The molecule has 1 aromatic heterocycles. The van der Waals surface area contributed by atoms with E-state index in [1.54, 1.807) is 0 Å². The SMILES string of the molecule is Cc1cccc(CC(=O)NC(C)c2nn[nH]n2)c1. The Morgan fingerprint density at radius 2 is 2.33 bits per heavy atom. The lowest BCUT2D eigenvalue weighted by Gasteiger charge is -2.10. The van der Waals surface area contributed by atoms with Gasteiger partial charge in [0.1, 0.15) is 0 Å². The number of tetrazole rings is 1. The summed E-state index contributed by atoms with van der Waals surface area (Å²) in [5.74, 6) is 0.422. The number of aromatic amines is 1. The standard InChI is InChI=1S/C12H15N5O/c1-8-4-3-5-10(6-8)7-11(18)13-9(2)12-14-16-17-15-12/h3-6,9H,7H2,1-2H3,(H,13,18)(H,14,15,16,17). The Balaban J connectivity index is 1.93. The van der Waals surface area contributed by atoms with Crippen molar-refractivity contribution < 1.29 is 4.79 Å². The summed E-state index contributed by atoms with van der Waals surface area (Å²) in [6.45, 7) is 3.82. The van der Waals surface area contributed by atoms with Crippen LogP contribution in [0.4, 0.5) is 0 Å². The molecule has 6 nitrogen and oxygen atoms in total. The van der Waals surface area contributed by atoms with Gasteiger partial charge in [0.15, 0.2) is 5.82 Å². The first kappa shape index (κ1) is 12.2. The molecule has 0 aliphatic heterocycles. The van der Waals surface area contributed by atoms with Gasteiger partial charge in [0.05, 0.1) is 12.5 Å². The molecule has 2 N–H and O–H groups in total. The van der Waals surface area contributed by atoms with Crippen molar-refractivity contribution in [3.63, 3.8) is 0 Å². The first-order valence-electron chi connectivity index (χ1n) is 5.73. The number of nitrogens with zero attached hydrogens (tertiary/aromatic N) is 3. The highest BCUT2D eigenvalue weighted by Gasteiger charge is 2.13. The fraction of sp³-hybridized carbons (Fsp3) is 0.333. The normalized spacial score (nSPS) is 12.1. The minimum atomic E-state index is -0.249. The van der Waals surface area contributed by atoms with E-state index in [9.17, 15) is 4.79 Å². The van der Waals surface area contributed by atoms with Crippen LogP contribution in [0, 0.1) is 6.92 Å². The largest absolute Gasteiger partial charge is 0.346 e. The Morgan fingerprint density at radius 1 is 1.50 bits per heavy atom. The van der Waals surface area contributed by atoms with Crippen molar-refractivity contribution in [1.82, 2.24) is 25.9 Å². The van der Waals surface area contributed by atoms with Gasteiger partial charge in [-0.3, -0.25) is 4.79 Å². The maximum atomic E-state index is 11.8. The summed E-state index contributed by atoms with van der Waals surface area (Å²) in [5.41, 5.74) is 2.14. The number of nitrogens with one attached hydrogen (secondary N) is 2. The average Bonchev–Trinajstić information content (AvgIpc) is 2.81. The van der Waals surface area contributed by atoms with Crippen LogP contribution < -0.4 is 5.32 Å². The molecule has 0 bridgehead atoms. The quantitative estimate of drug-likeness (QED) is 0.839. The Bertz CT molecular complexity index is 523. The molecule has 2 rings (SSSR count). The second-order valence-electron chi connectivity index (χ2n) is 4.23. The molecule has 1 amide bonds. The van der Waals surface area contributed by atoms with Crippen LogP contribution in [0.25, 0.3) is 0 Å². The van der Waals surface area contributed by atoms with Gasteiger partial charge in [-0.2, -0.15) is 5.21 Å². The minimum absolute atomic E-state index is 0.0575.